The average molecular weight is 211 g/mol. The van der Waals surface area contributed by atoms with Crippen molar-refractivity contribution in [3.8, 4) is 5.75 Å². The molecule has 0 saturated heterocycles. The van der Waals surface area contributed by atoms with Crippen molar-refractivity contribution in [3.63, 3.8) is 0 Å². The summed E-state index contributed by atoms with van der Waals surface area (Å²) in [6, 6.07) is 2.75. The predicted octanol–water partition coefficient (Wildman–Crippen LogP) is 1.81. The van der Waals surface area contributed by atoms with E-state index in [1.54, 1.807) is 12.2 Å². The van der Waals surface area contributed by atoms with E-state index >= 15 is 0 Å². The van der Waals surface area contributed by atoms with Crippen LogP contribution in [0, 0.1) is 5.82 Å². The van der Waals surface area contributed by atoms with Crippen LogP contribution in [0.3, 0.4) is 0 Å². The van der Waals surface area contributed by atoms with Gasteiger partial charge in [-0.1, -0.05) is 12.2 Å². The highest BCUT2D eigenvalue weighted by Gasteiger charge is 2.05. The van der Waals surface area contributed by atoms with E-state index in [9.17, 15) is 4.39 Å². The van der Waals surface area contributed by atoms with Gasteiger partial charge in [-0.05, 0) is 12.5 Å². The van der Waals surface area contributed by atoms with Crippen molar-refractivity contribution in [1.29, 1.82) is 0 Å². The van der Waals surface area contributed by atoms with Gasteiger partial charge in [-0.25, -0.2) is 4.39 Å². The molecule has 0 aliphatic heterocycles. The summed E-state index contributed by atoms with van der Waals surface area (Å²) in [5.74, 6) is 0.0440. The normalized spacial score (nSPS) is 10.9. The number of nitrogen functional groups attached to an aromatic ring is 1. The second kappa shape index (κ2) is 5.36. The van der Waals surface area contributed by atoms with Gasteiger partial charge < -0.3 is 15.6 Å². The minimum absolute atomic E-state index is 0.0459. The first kappa shape index (κ1) is 11.5. The van der Waals surface area contributed by atoms with Gasteiger partial charge in [0.25, 0.3) is 0 Å². The largest absolute Gasteiger partial charge is 0.495 e. The number of ether oxygens (including phenoxy) is 1. The van der Waals surface area contributed by atoms with Crippen LogP contribution in [0.2, 0.25) is 0 Å². The third-order valence-electron chi connectivity index (χ3n) is 1.94. The summed E-state index contributed by atoms with van der Waals surface area (Å²) in [6.07, 6.45) is 3.77. The van der Waals surface area contributed by atoms with Gasteiger partial charge in [0, 0.05) is 18.2 Å². The molecular weight excluding hydrogens is 197 g/mol. The van der Waals surface area contributed by atoms with Crippen molar-refractivity contribution in [3.05, 3.63) is 29.6 Å². The van der Waals surface area contributed by atoms with Crippen molar-refractivity contribution in [2.45, 2.75) is 6.42 Å². The molecule has 0 spiro atoms. The van der Waals surface area contributed by atoms with Crippen LogP contribution >= 0.6 is 0 Å². The molecule has 0 unspecified atom stereocenters. The van der Waals surface area contributed by atoms with Crippen molar-refractivity contribution in [2.75, 3.05) is 19.5 Å². The van der Waals surface area contributed by atoms with Crippen LogP contribution < -0.4 is 10.5 Å². The Bertz CT molecular complexity index is 364. The number of hydrogen-bond donors (Lipinski definition) is 2. The van der Waals surface area contributed by atoms with Gasteiger partial charge in [-0.15, -0.1) is 0 Å². The fraction of sp³-hybridized carbons (Fsp3) is 0.273. The smallest absolute Gasteiger partial charge is 0.142 e. The average Bonchev–Trinajstić information content (AvgIpc) is 2.21. The Labute approximate surface area is 88.0 Å². The molecule has 0 aliphatic carbocycles. The summed E-state index contributed by atoms with van der Waals surface area (Å²) in [5.41, 5.74) is 6.20. The number of rotatable bonds is 4. The molecule has 1 aromatic carbocycles. The highest BCUT2D eigenvalue weighted by Crippen LogP contribution is 2.25. The Morgan fingerprint density at radius 3 is 2.87 bits per heavy atom. The molecule has 1 aromatic rings. The van der Waals surface area contributed by atoms with Gasteiger partial charge in [0.1, 0.15) is 11.6 Å². The fourth-order valence-corrected chi connectivity index (χ4v) is 1.17. The molecule has 82 valence electrons. The van der Waals surface area contributed by atoms with E-state index in [1.807, 2.05) is 0 Å². The molecule has 0 fully saturated rings. The fourth-order valence-electron chi connectivity index (χ4n) is 1.17. The molecule has 1 rings (SSSR count). The number of halogens is 1. The number of aliphatic hydroxyl groups is 1. The maximum atomic E-state index is 13.3. The third-order valence-corrected chi connectivity index (χ3v) is 1.94. The van der Waals surface area contributed by atoms with Crippen LogP contribution in [0.15, 0.2) is 18.2 Å². The van der Waals surface area contributed by atoms with Crippen LogP contribution in [0.4, 0.5) is 10.1 Å². The van der Waals surface area contributed by atoms with Crippen molar-refractivity contribution in [1.82, 2.24) is 0 Å². The molecule has 4 heteroatoms. The Morgan fingerprint density at radius 1 is 1.53 bits per heavy atom. The number of hydrogen-bond acceptors (Lipinski definition) is 3. The van der Waals surface area contributed by atoms with Crippen LogP contribution in [0.1, 0.15) is 12.0 Å². The Hall–Kier alpha value is -1.55. The Morgan fingerprint density at radius 2 is 2.27 bits per heavy atom. The molecule has 3 N–H and O–H groups in total. The second-order valence-corrected chi connectivity index (χ2v) is 3.03. The second-order valence-electron chi connectivity index (χ2n) is 3.03. The van der Waals surface area contributed by atoms with E-state index in [0.29, 0.717) is 17.7 Å². The highest BCUT2D eigenvalue weighted by atomic mass is 19.1. The standard InChI is InChI=1S/C11H14FNO2/c1-15-11-6-8(4-2-3-5-14)9(12)7-10(11)13/h2,4,6-7,14H,3,5,13H2,1H3. The first-order valence-electron chi connectivity index (χ1n) is 4.59. The van der Waals surface area contributed by atoms with E-state index in [-0.39, 0.29) is 12.3 Å². The maximum absolute atomic E-state index is 13.3. The van der Waals surface area contributed by atoms with Crippen LogP contribution in [0.5, 0.6) is 5.75 Å². The lowest BCUT2D eigenvalue weighted by molar-refractivity contribution is 0.303. The van der Waals surface area contributed by atoms with Crippen LogP contribution in [0.25, 0.3) is 6.08 Å². The summed E-state index contributed by atoms with van der Waals surface area (Å²) < 4.78 is 18.3. The highest BCUT2D eigenvalue weighted by molar-refractivity contribution is 5.61. The minimum Gasteiger partial charge on any atom is -0.495 e. The summed E-state index contributed by atoms with van der Waals surface area (Å²) in [6.45, 7) is 0.0459. The number of anilines is 1. The van der Waals surface area contributed by atoms with E-state index in [2.05, 4.69) is 0 Å². The first-order chi connectivity index (χ1) is 7.19. The van der Waals surface area contributed by atoms with Gasteiger partial charge >= 0.3 is 0 Å². The third kappa shape index (κ3) is 2.95. The van der Waals surface area contributed by atoms with Crippen molar-refractivity contribution >= 4 is 11.8 Å². The lowest BCUT2D eigenvalue weighted by Gasteiger charge is -2.06. The molecule has 0 radical (unpaired) electrons. The molecule has 0 aliphatic rings. The molecular formula is C11H14FNO2. The summed E-state index contributed by atoms with van der Waals surface area (Å²) in [4.78, 5) is 0. The van der Waals surface area contributed by atoms with E-state index in [0.717, 1.165) is 0 Å². The topological polar surface area (TPSA) is 55.5 Å². The van der Waals surface area contributed by atoms with E-state index in [4.69, 9.17) is 15.6 Å². The van der Waals surface area contributed by atoms with Gasteiger partial charge in [0.15, 0.2) is 0 Å². The quantitative estimate of drug-likeness (QED) is 0.747. The molecule has 3 nitrogen and oxygen atoms in total. The zero-order chi connectivity index (χ0) is 11.3. The summed E-state index contributed by atoms with van der Waals surface area (Å²) in [5, 5.41) is 8.57. The van der Waals surface area contributed by atoms with Crippen LogP contribution in [-0.2, 0) is 0 Å². The lowest BCUT2D eigenvalue weighted by atomic mass is 10.1. The van der Waals surface area contributed by atoms with Crippen LogP contribution in [-0.4, -0.2) is 18.8 Å². The van der Waals surface area contributed by atoms with Gasteiger partial charge in [-0.2, -0.15) is 0 Å². The lowest BCUT2D eigenvalue weighted by Crippen LogP contribution is -1.95. The first-order valence-corrected chi connectivity index (χ1v) is 4.59. The number of aliphatic hydroxyl groups excluding tert-OH is 1. The molecule has 0 aromatic heterocycles. The van der Waals surface area contributed by atoms with E-state index < -0.39 is 5.82 Å². The zero-order valence-electron chi connectivity index (χ0n) is 8.53. The van der Waals surface area contributed by atoms with Crippen molar-refractivity contribution < 1.29 is 14.2 Å². The number of nitrogens with two attached hydrogens (primary N) is 1. The molecule has 0 saturated carbocycles. The molecule has 0 bridgehead atoms. The van der Waals surface area contributed by atoms with Gasteiger partial charge in [0.2, 0.25) is 0 Å². The zero-order valence-corrected chi connectivity index (χ0v) is 8.53. The molecule has 0 heterocycles. The SMILES string of the molecule is COc1cc(C=CCCO)c(F)cc1N. The predicted molar refractivity (Wildman–Crippen MR) is 58.1 cm³/mol. The Kier molecular flexibility index (Phi) is 4.12. The summed E-state index contributed by atoms with van der Waals surface area (Å²) >= 11 is 0. The molecule has 0 atom stereocenters. The number of benzene rings is 1. The monoisotopic (exact) mass is 211 g/mol. The van der Waals surface area contributed by atoms with E-state index in [1.165, 1.54) is 19.2 Å². The van der Waals surface area contributed by atoms with Gasteiger partial charge in [-0.3, -0.25) is 0 Å². The maximum Gasteiger partial charge on any atom is 0.142 e. The molecule has 15 heavy (non-hydrogen) atoms. The summed E-state index contributed by atoms with van der Waals surface area (Å²) in [7, 11) is 1.48. The van der Waals surface area contributed by atoms with Crippen molar-refractivity contribution in [2.24, 2.45) is 0 Å². The minimum atomic E-state index is -0.400. The number of methoxy groups -OCH3 is 1. The molecule has 0 amide bonds. The Balaban J connectivity index is 2.97. The van der Waals surface area contributed by atoms with Gasteiger partial charge in [0.05, 0.1) is 12.8 Å².